The van der Waals surface area contributed by atoms with Crippen molar-refractivity contribution in [2.45, 2.75) is 33.2 Å². The number of ether oxygens (including phenoxy) is 1. The zero-order valence-corrected chi connectivity index (χ0v) is 17.5. The van der Waals surface area contributed by atoms with Crippen LogP contribution in [0.4, 0.5) is 0 Å². The predicted molar refractivity (Wildman–Crippen MR) is 110 cm³/mol. The average Bonchev–Trinajstić information content (AvgIpc) is 3.07. The predicted octanol–water partition coefficient (Wildman–Crippen LogP) is 3.78. The van der Waals surface area contributed by atoms with Crippen LogP contribution in [0.5, 0.6) is 0 Å². The maximum absolute atomic E-state index is 12.7. The quantitative estimate of drug-likeness (QED) is 0.759. The molecule has 0 saturated carbocycles. The molecule has 1 fully saturated rings. The van der Waals surface area contributed by atoms with E-state index in [0.29, 0.717) is 34.8 Å². The number of morpholine rings is 1. The first-order valence-electron chi connectivity index (χ1n) is 9.77. The molecule has 0 unspecified atom stereocenters. The molecule has 1 N–H and O–H groups in total. The fourth-order valence-electron chi connectivity index (χ4n) is 3.47. The molecule has 1 aliphatic heterocycles. The molecule has 0 bridgehead atoms. The van der Waals surface area contributed by atoms with E-state index in [9.17, 15) is 4.79 Å². The van der Waals surface area contributed by atoms with Crippen molar-refractivity contribution in [3.05, 3.63) is 40.7 Å². The summed E-state index contributed by atoms with van der Waals surface area (Å²) < 4.78 is 11.2. The number of oxazole rings is 1. The van der Waals surface area contributed by atoms with E-state index in [0.717, 1.165) is 38.3 Å². The van der Waals surface area contributed by atoms with E-state index in [4.69, 9.17) is 20.8 Å². The van der Waals surface area contributed by atoms with Gasteiger partial charge in [0.1, 0.15) is 5.76 Å². The van der Waals surface area contributed by atoms with Gasteiger partial charge >= 0.3 is 0 Å². The van der Waals surface area contributed by atoms with Gasteiger partial charge in [0.05, 0.1) is 13.2 Å². The second-order valence-corrected chi connectivity index (χ2v) is 8.01. The van der Waals surface area contributed by atoms with Crippen LogP contribution in [-0.2, 0) is 4.74 Å². The highest BCUT2D eigenvalue weighted by Gasteiger charge is 2.24. The van der Waals surface area contributed by atoms with Crippen LogP contribution in [0, 0.1) is 12.8 Å². The molecule has 1 aliphatic rings. The van der Waals surface area contributed by atoms with E-state index in [2.05, 4.69) is 29.0 Å². The van der Waals surface area contributed by atoms with Gasteiger partial charge in [0.2, 0.25) is 5.89 Å². The highest BCUT2D eigenvalue weighted by molar-refractivity contribution is 6.30. The van der Waals surface area contributed by atoms with Gasteiger partial charge in [-0.05, 0) is 43.5 Å². The molecule has 7 heteroatoms. The molecule has 2 heterocycles. The number of aromatic nitrogens is 1. The Morgan fingerprint density at radius 1 is 1.25 bits per heavy atom. The summed E-state index contributed by atoms with van der Waals surface area (Å²) in [5, 5.41) is 3.69. The Hall–Kier alpha value is -1.89. The van der Waals surface area contributed by atoms with Crippen LogP contribution in [0.1, 0.15) is 36.5 Å². The van der Waals surface area contributed by atoms with Crippen LogP contribution in [0.15, 0.2) is 28.7 Å². The van der Waals surface area contributed by atoms with Crippen molar-refractivity contribution in [1.29, 1.82) is 0 Å². The Kier molecular flexibility index (Phi) is 7.10. The Bertz CT molecular complexity index is 783. The summed E-state index contributed by atoms with van der Waals surface area (Å²) in [6.45, 7) is 10.0. The van der Waals surface area contributed by atoms with E-state index in [1.165, 1.54) is 0 Å². The lowest BCUT2D eigenvalue weighted by Crippen LogP contribution is -2.49. The molecule has 6 nitrogen and oxygen atoms in total. The molecule has 1 aromatic heterocycles. The van der Waals surface area contributed by atoms with Gasteiger partial charge in [0, 0.05) is 36.3 Å². The van der Waals surface area contributed by atoms with Gasteiger partial charge in [-0.3, -0.25) is 9.69 Å². The fourth-order valence-corrected chi connectivity index (χ4v) is 3.59. The van der Waals surface area contributed by atoms with Crippen molar-refractivity contribution in [3.63, 3.8) is 0 Å². The molecular formula is C21H28ClN3O3. The summed E-state index contributed by atoms with van der Waals surface area (Å²) in [6, 6.07) is 7.48. The Balaban J connectivity index is 1.66. The minimum Gasteiger partial charge on any atom is -0.441 e. The number of halogens is 1. The number of carbonyl (C=O) groups excluding carboxylic acids is 1. The standard InChI is InChI=1S/C21H28ClN3O3/c1-14(2)12-18(25-8-10-27-11-9-25)13-23-20(26)19-15(3)28-21(24-19)16-4-6-17(22)7-5-16/h4-7,14,18H,8-13H2,1-3H3,(H,23,26)/t18-/m0/s1. The number of hydrogen-bond donors (Lipinski definition) is 1. The normalized spacial score (nSPS) is 16.3. The van der Waals surface area contributed by atoms with Crippen LogP contribution in [-0.4, -0.2) is 54.7 Å². The summed E-state index contributed by atoms with van der Waals surface area (Å²) in [5.74, 6) is 1.28. The third-order valence-corrected chi connectivity index (χ3v) is 5.16. The van der Waals surface area contributed by atoms with Crippen LogP contribution in [0.25, 0.3) is 11.5 Å². The number of rotatable bonds is 7. The van der Waals surface area contributed by atoms with Gasteiger partial charge < -0.3 is 14.5 Å². The van der Waals surface area contributed by atoms with E-state index in [1.54, 1.807) is 19.1 Å². The molecule has 1 atom stereocenters. The van der Waals surface area contributed by atoms with Crippen LogP contribution >= 0.6 is 11.6 Å². The van der Waals surface area contributed by atoms with Crippen molar-refractivity contribution in [1.82, 2.24) is 15.2 Å². The van der Waals surface area contributed by atoms with E-state index in [-0.39, 0.29) is 11.9 Å². The van der Waals surface area contributed by atoms with Crippen molar-refractivity contribution in [2.75, 3.05) is 32.8 Å². The van der Waals surface area contributed by atoms with Gasteiger partial charge in [0.15, 0.2) is 5.69 Å². The number of carbonyl (C=O) groups is 1. The topological polar surface area (TPSA) is 67.6 Å². The van der Waals surface area contributed by atoms with Crippen LogP contribution in [0.3, 0.4) is 0 Å². The van der Waals surface area contributed by atoms with Gasteiger partial charge in [-0.1, -0.05) is 25.4 Å². The largest absolute Gasteiger partial charge is 0.441 e. The lowest BCUT2D eigenvalue weighted by Gasteiger charge is -2.35. The second kappa shape index (κ2) is 9.54. The van der Waals surface area contributed by atoms with E-state index < -0.39 is 0 Å². The fraction of sp³-hybridized carbons (Fsp3) is 0.524. The molecule has 1 amide bonds. The molecule has 0 spiro atoms. The minimum atomic E-state index is -0.205. The minimum absolute atomic E-state index is 0.205. The Morgan fingerprint density at radius 2 is 1.93 bits per heavy atom. The summed E-state index contributed by atoms with van der Waals surface area (Å²) in [7, 11) is 0. The first-order valence-corrected chi connectivity index (χ1v) is 10.1. The zero-order chi connectivity index (χ0) is 20.1. The monoisotopic (exact) mass is 405 g/mol. The van der Waals surface area contributed by atoms with E-state index >= 15 is 0 Å². The summed E-state index contributed by atoms with van der Waals surface area (Å²) in [6.07, 6.45) is 1.02. The number of benzene rings is 1. The maximum Gasteiger partial charge on any atom is 0.273 e. The lowest BCUT2D eigenvalue weighted by molar-refractivity contribution is 0.0124. The number of amides is 1. The molecular weight excluding hydrogens is 378 g/mol. The molecule has 2 aromatic rings. The SMILES string of the molecule is Cc1oc(-c2ccc(Cl)cc2)nc1C(=O)NC[C@H](CC(C)C)N1CCOCC1. The molecule has 1 aromatic carbocycles. The smallest absolute Gasteiger partial charge is 0.273 e. The number of nitrogens with one attached hydrogen (secondary N) is 1. The summed E-state index contributed by atoms with van der Waals surface area (Å²) in [4.78, 5) is 19.5. The molecule has 1 saturated heterocycles. The number of hydrogen-bond acceptors (Lipinski definition) is 5. The van der Waals surface area contributed by atoms with Crippen molar-refractivity contribution < 1.29 is 13.9 Å². The Morgan fingerprint density at radius 3 is 2.57 bits per heavy atom. The lowest BCUT2D eigenvalue weighted by atomic mass is 10.0. The number of nitrogens with zero attached hydrogens (tertiary/aromatic N) is 2. The maximum atomic E-state index is 12.7. The molecule has 0 radical (unpaired) electrons. The average molecular weight is 406 g/mol. The molecule has 152 valence electrons. The molecule has 3 rings (SSSR count). The first kappa shape index (κ1) is 20.8. The highest BCUT2D eigenvalue weighted by Crippen LogP contribution is 2.23. The molecule has 0 aliphatic carbocycles. The number of aryl methyl sites for hydroxylation is 1. The van der Waals surface area contributed by atoms with Crippen molar-refractivity contribution >= 4 is 17.5 Å². The van der Waals surface area contributed by atoms with Crippen molar-refractivity contribution in [3.8, 4) is 11.5 Å². The van der Waals surface area contributed by atoms with Crippen LogP contribution < -0.4 is 5.32 Å². The van der Waals surface area contributed by atoms with Gasteiger partial charge in [0.25, 0.3) is 5.91 Å². The van der Waals surface area contributed by atoms with Gasteiger partial charge in [-0.2, -0.15) is 0 Å². The second-order valence-electron chi connectivity index (χ2n) is 7.57. The Labute approximate surface area is 171 Å². The van der Waals surface area contributed by atoms with Crippen LogP contribution in [0.2, 0.25) is 5.02 Å². The third-order valence-electron chi connectivity index (χ3n) is 4.91. The third kappa shape index (κ3) is 5.34. The summed E-state index contributed by atoms with van der Waals surface area (Å²) in [5.41, 5.74) is 1.12. The first-order chi connectivity index (χ1) is 13.4. The van der Waals surface area contributed by atoms with Crippen molar-refractivity contribution in [2.24, 2.45) is 5.92 Å². The highest BCUT2D eigenvalue weighted by atomic mass is 35.5. The summed E-state index contributed by atoms with van der Waals surface area (Å²) >= 11 is 5.93. The van der Waals surface area contributed by atoms with E-state index in [1.807, 2.05) is 12.1 Å². The van der Waals surface area contributed by atoms with Gasteiger partial charge in [-0.15, -0.1) is 0 Å². The molecule has 28 heavy (non-hydrogen) atoms. The zero-order valence-electron chi connectivity index (χ0n) is 16.7. The van der Waals surface area contributed by atoms with Gasteiger partial charge in [-0.25, -0.2) is 4.98 Å².